The standard InChI is InChI=1S/C26H23BrN2O2/c1-26(2,3)18-13-11-17(12-14-18)24(30)21-16-29(15-19-7-6-10-23(27)28-19)22-9-5-4-8-20(22)25(21)31/h4-14,16H,15H2,1-3H3. The van der Waals surface area contributed by atoms with Crippen LogP contribution < -0.4 is 5.43 Å². The van der Waals surface area contributed by atoms with Crippen LogP contribution in [0, 0.1) is 0 Å². The second-order valence-corrected chi connectivity index (χ2v) is 9.44. The van der Waals surface area contributed by atoms with E-state index in [2.05, 4.69) is 41.7 Å². The number of nitrogens with zero attached hydrogens (tertiary/aromatic N) is 2. The Morgan fingerprint density at radius 2 is 1.68 bits per heavy atom. The highest BCUT2D eigenvalue weighted by Gasteiger charge is 2.19. The van der Waals surface area contributed by atoms with Gasteiger partial charge < -0.3 is 4.57 Å². The number of aromatic nitrogens is 2. The molecule has 0 bridgehead atoms. The van der Waals surface area contributed by atoms with Gasteiger partial charge in [0.1, 0.15) is 4.60 Å². The monoisotopic (exact) mass is 474 g/mol. The van der Waals surface area contributed by atoms with Crippen LogP contribution in [-0.4, -0.2) is 15.3 Å². The van der Waals surface area contributed by atoms with Crippen molar-refractivity contribution in [3.8, 4) is 0 Å². The highest BCUT2D eigenvalue weighted by atomic mass is 79.9. The van der Waals surface area contributed by atoms with Gasteiger partial charge in [0.2, 0.25) is 5.43 Å². The van der Waals surface area contributed by atoms with Crippen LogP contribution in [0.15, 0.2) is 82.3 Å². The summed E-state index contributed by atoms with van der Waals surface area (Å²) in [5, 5.41) is 0.523. The topological polar surface area (TPSA) is 52.0 Å². The van der Waals surface area contributed by atoms with Crippen molar-refractivity contribution >= 4 is 32.6 Å². The summed E-state index contributed by atoms with van der Waals surface area (Å²) in [6, 6.07) is 20.6. The molecule has 5 heteroatoms. The Kier molecular flexibility index (Phi) is 5.63. The summed E-state index contributed by atoms with van der Waals surface area (Å²) in [5.41, 5.74) is 3.16. The Hall–Kier alpha value is -3.05. The zero-order valence-electron chi connectivity index (χ0n) is 17.7. The van der Waals surface area contributed by atoms with Crippen LogP contribution in [0.3, 0.4) is 0 Å². The van der Waals surface area contributed by atoms with Crippen molar-refractivity contribution in [2.75, 3.05) is 0 Å². The number of fused-ring (bicyclic) bond motifs is 1. The van der Waals surface area contributed by atoms with Gasteiger partial charge in [-0.05, 0) is 51.2 Å². The van der Waals surface area contributed by atoms with E-state index in [1.165, 1.54) is 0 Å². The molecular weight excluding hydrogens is 452 g/mol. The van der Waals surface area contributed by atoms with Crippen molar-refractivity contribution < 1.29 is 4.79 Å². The van der Waals surface area contributed by atoms with Gasteiger partial charge in [0.25, 0.3) is 0 Å². The van der Waals surface area contributed by atoms with Crippen LogP contribution in [0.2, 0.25) is 0 Å². The van der Waals surface area contributed by atoms with Gasteiger partial charge in [-0.15, -0.1) is 0 Å². The first-order valence-corrected chi connectivity index (χ1v) is 10.9. The van der Waals surface area contributed by atoms with Gasteiger partial charge in [-0.3, -0.25) is 9.59 Å². The number of benzene rings is 2. The lowest BCUT2D eigenvalue weighted by atomic mass is 9.86. The predicted octanol–water partition coefficient (Wildman–Crippen LogP) is 5.74. The number of carbonyl (C=O) groups excluding carboxylic acids is 1. The van der Waals surface area contributed by atoms with Gasteiger partial charge in [0.05, 0.1) is 23.3 Å². The van der Waals surface area contributed by atoms with E-state index in [0.717, 1.165) is 21.4 Å². The maximum Gasteiger partial charge on any atom is 0.200 e. The summed E-state index contributed by atoms with van der Waals surface area (Å²) in [4.78, 5) is 31.0. The molecule has 2 aromatic carbocycles. The molecule has 4 rings (SSSR count). The molecule has 0 unspecified atom stereocenters. The molecule has 0 aliphatic rings. The van der Waals surface area contributed by atoms with Crippen molar-refractivity contribution in [3.63, 3.8) is 0 Å². The average molecular weight is 475 g/mol. The molecule has 0 saturated heterocycles. The molecule has 0 N–H and O–H groups in total. The Morgan fingerprint density at radius 3 is 2.35 bits per heavy atom. The molecule has 156 valence electrons. The number of hydrogen-bond donors (Lipinski definition) is 0. The second kappa shape index (κ2) is 8.23. The molecule has 0 aliphatic carbocycles. The molecule has 0 amide bonds. The van der Waals surface area contributed by atoms with E-state index >= 15 is 0 Å². The molecule has 2 heterocycles. The van der Waals surface area contributed by atoms with Crippen molar-refractivity contribution in [3.05, 3.63) is 110 Å². The summed E-state index contributed by atoms with van der Waals surface area (Å²) >= 11 is 3.40. The number of pyridine rings is 2. The smallest absolute Gasteiger partial charge is 0.200 e. The fourth-order valence-corrected chi connectivity index (χ4v) is 4.01. The third-order valence-corrected chi connectivity index (χ3v) is 5.79. The van der Waals surface area contributed by atoms with Crippen molar-refractivity contribution in [2.24, 2.45) is 0 Å². The minimum absolute atomic E-state index is 0.00575. The minimum Gasteiger partial charge on any atom is -0.340 e. The van der Waals surface area contributed by atoms with Crippen LogP contribution in [0.4, 0.5) is 0 Å². The minimum atomic E-state index is -0.271. The molecule has 0 spiro atoms. The number of carbonyl (C=O) groups is 1. The summed E-state index contributed by atoms with van der Waals surface area (Å²) < 4.78 is 2.66. The number of para-hydroxylation sites is 1. The van der Waals surface area contributed by atoms with Gasteiger partial charge >= 0.3 is 0 Å². The fourth-order valence-electron chi connectivity index (χ4n) is 3.63. The third-order valence-electron chi connectivity index (χ3n) is 5.35. The number of hydrogen-bond acceptors (Lipinski definition) is 3. The van der Waals surface area contributed by atoms with Crippen LogP contribution >= 0.6 is 15.9 Å². The lowest BCUT2D eigenvalue weighted by Crippen LogP contribution is -2.20. The zero-order chi connectivity index (χ0) is 22.2. The Bertz CT molecular complexity index is 1330. The van der Waals surface area contributed by atoms with E-state index in [4.69, 9.17) is 0 Å². The summed E-state index contributed by atoms with van der Waals surface area (Å²) in [7, 11) is 0. The quantitative estimate of drug-likeness (QED) is 0.280. The molecule has 0 atom stereocenters. The summed E-state index contributed by atoms with van der Waals surface area (Å²) in [6.07, 6.45) is 1.66. The highest BCUT2D eigenvalue weighted by molar-refractivity contribution is 9.10. The number of ketones is 1. The Balaban J connectivity index is 1.81. The van der Waals surface area contributed by atoms with E-state index in [0.29, 0.717) is 17.5 Å². The first-order chi connectivity index (χ1) is 14.7. The van der Waals surface area contributed by atoms with Crippen LogP contribution in [0.1, 0.15) is 48.0 Å². The molecule has 2 aromatic heterocycles. The molecule has 0 aliphatic heterocycles. The van der Waals surface area contributed by atoms with E-state index < -0.39 is 0 Å². The molecule has 0 fully saturated rings. The molecular formula is C26H23BrN2O2. The average Bonchev–Trinajstić information content (AvgIpc) is 2.75. The van der Waals surface area contributed by atoms with Gasteiger partial charge in [0, 0.05) is 17.1 Å². The first-order valence-electron chi connectivity index (χ1n) is 10.1. The molecule has 4 aromatic rings. The Labute approximate surface area is 189 Å². The maximum absolute atomic E-state index is 13.3. The van der Waals surface area contributed by atoms with Crippen LogP contribution in [-0.2, 0) is 12.0 Å². The van der Waals surface area contributed by atoms with Crippen molar-refractivity contribution in [1.29, 1.82) is 0 Å². The maximum atomic E-state index is 13.3. The lowest BCUT2D eigenvalue weighted by molar-refractivity contribution is 0.103. The number of rotatable bonds is 4. The van der Waals surface area contributed by atoms with Gasteiger partial charge in [0.15, 0.2) is 5.78 Å². The molecule has 0 saturated carbocycles. The van der Waals surface area contributed by atoms with Crippen LogP contribution in [0.5, 0.6) is 0 Å². The van der Waals surface area contributed by atoms with Gasteiger partial charge in [-0.25, -0.2) is 4.98 Å². The molecule has 4 nitrogen and oxygen atoms in total. The largest absolute Gasteiger partial charge is 0.340 e. The van der Waals surface area contributed by atoms with Gasteiger partial charge in [-0.1, -0.05) is 63.2 Å². The van der Waals surface area contributed by atoms with E-state index in [-0.39, 0.29) is 22.2 Å². The molecule has 31 heavy (non-hydrogen) atoms. The first kappa shape index (κ1) is 21.2. The zero-order valence-corrected chi connectivity index (χ0v) is 19.3. The summed E-state index contributed by atoms with van der Waals surface area (Å²) in [5.74, 6) is -0.271. The summed E-state index contributed by atoms with van der Waals surface area (Å²) in [6.45, 7) is 6.83. The highest BCUT2D eigenvalue weighted by Crippen LogP contribution is 2.23. The molecule has 0 radical (unpaired) electrons. The van der Waals surface area contributed by atoms with Crippen molar-refractivity contribution in [2.45, 2.75) is 32.7 Å². The lowest BCUT2D eigenvalue weighted by Gasteiger charge is -2.19. The van der Waals surface area contributed by atoms with E-state index in [1.807, 2.05) is 53.1 Å². The van der Waals surface area contributed by atoms with E-state index in [1.54, 1.807) is 24.4 Å². The SMILES string of the molecule is CC(C)(C)c1ccc(C(=O)c2cn(Cc3cccc(Br)n3)c3ccccc3c2=O)cc1. The number of halogens is 1. The van der Waals surface area contributed by atoms with E-state index in [9.17, 15) is 9.59 Å². The predicted molar refractivity (Wildman–Crippen MR) is 128 cm³/mol. The third kappa shape index (κ3) is 4.37. The van der Waals surface area contributed by atoms with Crippen LogP contribution in [0.25, 0.3) is 10.9 Å². The second-order valence-electron chi connectivity index (χ2n) is 8.63. The normalized spacial score (nSPS) is 11.6. The van der Waals surface area contributed by atoms with Crippen molar-refractivity contribution in [1.82, 2.24) is 9.55 Å². The Morgan fingerprint density at radius 1 is 0.968 bits per heavy atom. The fraction of sp³-hybridized carbons (Fsp3) is 0.192. The van der Waals surface area contributed by atoms with Gasteiger partial charge in [-0.2, -0.15) is 0 Å².